The molecule has 0 saturated carbocycles. The third-order valence-electron chi connectivity index (χ3n) is 3.36. The molecule has 0 atom stereocenters. The standard InChI is InChI=1S/C16H12FNO2/c1-10-5-6-14-13(7-10)15(19)16(20)18(14)9-11-3-2-4-12(17)8-11/h2-8H,9H2,1H3. The molecule has 0 spiro atoms. The summed E-state index contributed by atoms with van der Waals surface area (Å²) < 4.78 is 13.2. The number of hydrogen-bond acceptors (Lipinski definition) is 2. The molecule has 3 nitrogen and oxygen atoms in total. The first-order valence-corrected chi connectivity index (χ1v) is 6.27. The van der Waals surface area contributed by atoms with Gasteiger partial charge in [-0.25, -0.2) is 4.39 Å². The van der Waals surface area contributed by atoms with Crippen LogP contribution < -0.4 is 4.90 Å². The lowest BCUT2D eigenvalue weighted by atomic mass is 10.1. The minimum atomic E-state index is -0.560. The van der Waals surface area contributed by atoms with Crippen molar-refractivity contribution in [2.75, 3.05) is 4.90 Å². The number of amides is 1. The fraction of sp³-hybridized carbons (Fsp3) is 0.125. The van der Waals surface area contributed by atoms with E-state index in [0.717, 1.165) is 5.56 Å². The zero-order valence-electron chi connectivity index (χ0n) is 10.9. The van der Waals surface area contributed by atoms with Gasteiger partial charge in [0.1, 0.15) is 5.82 Å². The van der Waals surface area contributed by atoms with Crippen LogP contribution in [0.3, 0.4) is 0 Å². The van der Waals surface area contributed by atoms with Gasteiger partial charge in [-0.2, -0.15) is 0 Å². The van der Waals surface area contributed by atoms with Gasteiger partial charge in [0.05, 0.1) is 17.8 Å². The number of aryl methyl sites for hydroxylation is 1. The number of anilines is 1. The van der Waals surface area contributed by atoms with Crippen molar-refractivity contribution in [1.29, 1.82) is 0 Å². The molecular formula is C16H12FNO2. The Hall–Kier alpha value is -2.49. The highest BCUT2D eigenvalue weighted by atomic mass is 19.1. The summed E-state index contributed by atoms with van der Waals surface area (Å²) in [6.07, 6.45) is 0. The molecule has 0 saturated heterocycles. The lowest BCUT2D eigenvalue weighted by molar-refractivity contribution is -0.114. The zero-order chi connectivity index (χ0) is 14.3. The van der Waals surface area contributed by atoms with E-state index in [0.29, 0.717) is 16.8 Å². The van der Waals surface area contributed by atoms with Crippen LogP contribution in [0, 0.1) is 12.7 Å². The van der Waals surface area contributed by atoms with E-state index in [4.69, 9.17) is 0 Å². The molecule has 0 N–H and O–H groups in total. The number of carbonyl (C=O) groups is 2. The number of ketones is 1. The second-order valence-electron chi connectivity index (χ2n) is 4.87. The van der Waals surface area contributed by atoms with Crippen LogP contribution >= 0.6 is 0 Å². The molecule has 1 heterocycles. The molecule has 1 aliphatic heterocycles. The van der Waals surface area contributed by atoms with E-state index < -0.39 is 11.7 Å². The van der Waals surface area contributed by atoms with Gasteiger partial charge >= 0.3 is 0 Å². The summed E-state index contributed by atoms with van der Waals surface area (Å²) in [6.45, 7) is 2.06. The maximum Gasteiger partial charge on any atom is 0.299 e. The lowest BCUT2D eigenvalue weighted by Crippen LogP contribution is -2.29. The number of Topliss-reactive ketones (excluding diaryl/α,β-unsaturated/α-hetero) is 1. The molecule has 0 aliphatic carbocycles. The number of hydrogen-bond donors (Lipinski definition) is 0. The molecule has 20 heavy (non-hydrogen) atoms. The average molecular weight is 269 g/mol. The van der Waals surface area contributed by atoms with Gasteiger partial charge in [-0.05, 0) is 36.8 Å². The first kappa shape index (κ1) is 12.5. The molecule has 100 valence electrons. The summed E-state index contributed by atoms with van der Waals surface area (Å²) in [5, 5.41) is 0. The normalized spacial score (nSPS) is 13.8. The molecule has 1 amide bonds. The van der Waals surface area contributed by atoms with Crippen LogP contribution in [0.15, 0.2) is 42.5 Å². The van der Waals surface area contributed by atoms with Crippen LogP contribution in [0.1, 0.15) is 21.5 Å². The van der Waals surface area contributed by atoms with Crippen LogP contribution in [-0.4, -0.2) is 11.7 Å². The molecule has 0 bridgehead atoms. The highest BCUT2D eigenvalue weighted by molar-refractivity contribution is 6.52. The minimum Gasteiger partial charge on any atom is -0.300 e. The monoisotopic (exact) mass is 269 g/mol. The zero-order valence-corrected chi connectivity index (χ0v) is 10.9. The van der Waals surface area contributed by atoms with Crippen molar-refractivity contribution in [2.24, 2.45) is 0 Å². The van der Waals surface area contributed by atoms with Crippen molar-refractivity contribution in [3.63, 3.8) is 0 Å². The highest BCUT2D eigenvalue weighted by Crippen LogP contribution is 2.31. The quantitative estimate of drug-likeness (QED) is 0.786. The van der Waals surface area contributed by atoms with E-state index in [2.05, 4.69) is 0 Å². The Morgan fingerprint density at radius 1 is 1.10 bits per heavy atom. The molecule has 4 heteroatoms. The molecule has 0 unspecified atom stereocenters. The summed E-state index contributed by atoms with van der Waals surface area (Å²) in [6, 6.07) is 11.3. The fourth-order valence-corrected chi connectivity index (χ4v) is 2.39. The van der Waals surface area contributed by atoms with Gasteiger partial charge < -0.3 is 4.90 Å². The van der Waals surface area contributed by atoms with E-state index in [1.54, 1.807) is 24.3 Å². The maximum absolute atomic E-state index is 13.2. The summed E-state index contributed by atoms with van der Waals surface area (Å²) in [5.41, 5.74) is 2.60. The smallest absolute Gasteiger partial charge is 0.299 e. The Bertz CT molecular complexity index is 724. The van der Waals surface area contributed by atoms with Crippen molar-refractivity contribution in [2.45, 2.75) is 13.5 Å². The van der Waals surface area contributed by atoms with Crippen molar-refractivity contribution >= 4 is 17.4 Å². The summed E-state index contributed by atoms with van der Waals surface area (Å²) in [5.74, 6) is -1.42. The Morgan fingerprint density at radius 2 is 1.90 bits per heavy atom. The van der Waals surface area contributed by atoms with Gasteiger partial charge in [-0.15, -0.1) is 0 Å². The summed E-state index contributed by atoms with van der Waals surface area (Å²) >= 11 is 0. The van der Waals surface area contributed by atoms with Gasteiger partial charge in [0, 0.05) is 0 Å². The van der Waals surface area contributed by atoms with Crippen molar-refractivity contribution in [3.05, 3.63) is 65.0 Å². The van der Waals surface area contributed by atoms with E-state index in [1.807, 2.05) is 13.0 Å². The highest BCUT2D eigenvalue weighted by Gasteiger charge is 2.35. The molecule has 0 radical (unpaired) electrons. The molecule has 0 fully saturated rings. The number of rotatable bonds is 2. The first-order valence-electron chi connectivity index (χ1n) is 6.27. The average Bonchev–Trinajstić information content (AvgIpc) is 2.64. The second kappa shape index (κ2) is 4.56. The largest absolute Gasteiger partial charge is 0.300 e. The van der Waals surface area contributed by atoms with Crippen molar-refractivity contribution in [3.8, 4) is 0 Å². The molecule has 2 aromatic rings. The van der Waals surface area contributed by atoms with Gasteiger partial charge in [-0.1, -0.05) is 23.8 Å². The first-order chi connectivity index (χ1) is 9.56. The number of benzene rings is 2. The van der Waals surface area contributed by atoms with Crippen molar-refractivity contribution in [1.82, 2.24) is 0 Å². The molecule has 0 aromatic heterocycles. The third kappa shape index (κ3) is 1.99. The number of fused-ring (bicyclic) bond motifs is 1. The SMILES string of the molecule is Cc1ccc2c(c1)C(=O)C(=O)N2Cc1cccc(F)c1. The van der Waals surface area contributed by atoms with Crippen LogP contribution in [0.5, 0.6) is 0 Å². The third-order valence-corrected chi connectivity index (χ3v) is 3.36. The predicted octanol–water partition coefficient (Wildman–Crippen LogP) is 2.86. The molecular weight excluding hydrogens is 257 g/mol. The van der Waals surface area contributed by atoms with Crippen molar-refractivity contribution < 1.29 is 14.0 Å². The Morgan fingerprint density at radius 3 is 2.65 bits per heavy atom. The number of carbonyl (C=O) groups excluding carboxylic acids is 2. The van der Waals surface area contributed by atoms with Gasteiger partial charge in [0.25, 0.3) is 11.7 Å². The maximum atomic E-state index is 13.2. The molecule has 1 aliphatic rings. The van der Waals surface area contributed by atoms with Crippen LogP contribution in [0.25, 0.3) is 0 Å². The fourth-order valence-electron chi connectivity index (χ4n) is 2.39. The van der Waals surface area contributed by atoms with E-state index in [-0.39, 0.29) is 12.4 Å². The van der Waals surface area contributed by atoms with Gasteiger partial charge in [0.15, 0.2) is 0 Å². The summed E-state index contributed by atoms with van der Waals surface area (Å²) in [7, 11) is 0. The number of nitrogens with zero attached hydrogens (tertiary/aromatic N) is 1. The van der Waals surface area contributed by atoms with E-state index in [1.165, 1.54) is 17.0 Å². The molecule has 2 aromatic carbocycles. The Balaban J connectivity index is 1.99. The number of halogens is 1. The molecule has 3 rings (SSSR count). The Labute approximate surface area is 115 Å². The van der Waals surface area contributed by atoms with Gasteiger partial charge in [0.2, 0.25) is 0 Å². The lowest BCUT2D eigenvalue weighted by Gasteiger charge is -2.16. The second-order valence-corrected chi connectivity index (χ2v) is 4.87. The predicted molar refractivity (Wildman–Crippen MR) is 73.1 cm³/mol. The Kier molecular flexibility index (Phi) is 2.86. The van der Waals surface area contributed by atoms with Crippen LogP contribution in [0.2, 0.25) is 0 Å². The van der Waals surface area contributed by atoms with E-state index >= 15 is 0 Å². The van der Waals surface area contributed by atoms with Crippen LogP contribution in [-0.2, 0) is 11.3 Å². The van der Waals surface area contributed by atoms with Gasteiger partial charge in [-0.3, -0.25) is 9.59 Å². The minimum absolute atomic E-state index is 0.193. The van der Waals surface area contributed by atoms with E-state index in [9.17, 15) is 14.0 Å². The van der Waals surface area contributed by atoms with Crippen LogP contribution in [0.4, 0.5) is 10.1 Å². The topological polar surface area (TPSA) is 37.4 Å². The summed E-state index contributed by atoms with van der Waals surface area (Å²) in [4.78, 5) is 25.4.